The van der Waals surface area contributed by atoms with Crippen LogP contribution in [0.15, 0.2) is 30.5 Å². The standard InChI is InChI=1S/C18H16ClF3N2O3/c19-13-10(3-4-12(20)14(13)21)8-24-16(26)18(22)6-5-17(27,9-25)15-11(18)2-1-7-23-15/h1-4,7,25,27H,5-6,8-9H2,(H,24,26)/t17-,18+/m1/s1. The van der Waals surface area contributed by atoms with Crippen LogP contribution in [0.2, 0.25) is 5.02 Å². The lowest BCUT2D eigenvalue weighted by Gasteiger charge is -2.38. The van der Waals surface area contributed by atoms with E-state index >= 15 is 4.39 Å². The smallest absolute Gasteiger partial charge is 0.262 e. The molecule has 1 heterocycles. The number of aromatic nitrogens is 1. The van der Waals surface area contributed by atoms with E-state index in [1.807, 2.05) is 0 Å². The lowest BCUT2D eigenvalue weighted by Crippen LogP contribution is -2.49. The molecule has 5 nitrogen and oxygen atoms in total. The number of nitrogens with one attached hydrogen (secondary N) is 1. The van der Waals surface area contributed by atoms with Crippen molar-refractivity contribution in [3.8, 4) is 0 Å². The van der Waals surface area contributed by atoms with Crippen molar-refractivity contribution in [2.24, 2.45) is 0 Å². The number of hydrogen-bond acceptors (Lipinski definition) is 4. The molecule has 0 saturated heterocycles. The van der Waals surface area contributed by atoms with Crippen molar-refractivity contribution in [1.29, 1.82) is 0 Å². The molecule has 1 aromatic heterocycles. The Balaban J connectivity index is 1.87. The second-order valence-corrected chi connectivity index (χ2v) is 6.79. The van der Waals surface area contributed by atoms with Crippen LogP contribution in [0.1, 0.15) is 29.7 Å². The molecule has 1 amide bonds. The highest BCUT2D eigenvalue weighted by Gasteiger charge is 2.51. The number of alkyl halides is 1. The van der Waals surface area contributed by atoms with Gasteiger partial charge in [0.15, 0.2) is 11.6 Å². The second-order valence-electron chi connectivity index (χ2n) is 6.41. The van der Waals surface area contributed by atoms with Gasteiger partial charge in [-0.2, -0.15) is 0 Å². The van der Waals surface area contributed by atoms with E-state index in [9.17, 15) is 23.8 Å². The molecule has 1 aliphatic rings. The Hall–Kier alpha value is -2.16. The number of fused-ring (bicyclic) bond motifs is 1. The molecular weight excluding hydrogens is 385 g/mol. The van der Waals surface area contributed by atoms with Crippen LogP contribution in [0.25, 0.3) is 0 Å². The fourth-order valence-electron chi connectivity index (χ4n) is 3.14. The van der Waals surface area contributed by atoms with Crippen molar-refractivity contribution < 1.29 is 28.2 Å². The van der Waals surface area contributed by atoms with Gasteiger partial charge in [0.25, 0.3) is 5.91 Å². The molecule has 2 atom stereocenters. The minimum atomic E-state index is -2.50. The van der Waals surface area contributed by atoms with Gasteiger partial charge in [-0.15, -0.1) is 0 Å². The molecule has 144 valence electrons. The number of hydrogen-bond donors (Lipinski definition) is 3. The number of halogens is 4. The summed E-state index contributed by atoms with van der Waals surface area (Å²) < 4.78 is 42.2. The van der Waals surface area contributed by atoms with E-state index in [1.54, 1.807) is 0 Å². The van der Waals surface area contributed by atoms with Crippen LogP contribution in [-0.2, 0) is 22.6 Å². The normalized spacial score (nSPS) is 24.4. The minimum Gasteiger partial charge on any atom is -0.393 e. The zero-order chi connectivity index (χ0) is 19.8. The quantitative estimate of drug-likeness (QED) is 0.689. The van der Waals surface area contributed by atoms with Crippen molar-refractivity contribution in [3.63, 3.8) is 0 Å². The highest BCUT2D eigenvalue weighted by Crippen LogP contribution is 2.45. The second kappa shape index (κ2) is 7.10. The number of pyridine rings is 1. The van der Waals surface area contributed by atoms with Crippen molar-refractivity contribution in [1.82, 2.24) is 10.3 Å². The molecule has 0 spiro atoms. The van der Waals surface area contributed by atoms with Gasteiger partial charge < -0.3 is 15.5 Å². The van der Waals surface area contributed by atoms with Crippen LogP contribution in [0.5, 0.6) is 0 Å². The van der Waals surface area contributed by atoms with E-state index in [2.05, 4.69) is 10.3 Å². The molecular formula is C18H16ClF3N2O3. The number of aliphatic hydroxyl groups excluding tert-OH is 1. The third-order valence-corrected chi connectivity index (χ3v) is 5.14. The molecule has 0 bridgehead atoms. The first-order chi connectivity index (χ1) is 12.7. The molecule has 9 heteroatoms. The summed E-state index contributed by atoms with van der Waals surface area (Å²) in [5.74, 6) is -3.41. The zero-order valence-corrected chi connectivity index (χ0v) is 14.7. The van der Waals surface area contributed by atoms with Crippen LogP contribution >= 0.6 is 11.6 Å². The van der Waals surface area contributed by atoms with Crippen LogP contribution in [0.3, 0.4) is 0 Å². The van der Waals surface area contributed by atoms with Crippen LogP contribution < -0.4 is 5.32 Å². The molecule has 0 radical (unpaired) electrons. The molecule has 0 aliphatic heterocycles. The highest BCUT2D eigenvalue weighted by molar-refractivity contribution is 6.31. The molecule has 3 N–H and O–H groups in total. The van der Waals surface area contributed by atoms with E-state index in [4.69, 9.17) is 11.6 Å². The molecule has 3 rings (SSSR count). The van der Waals surface area contributed by atoms with Crippen LogP contribution in [0, 0.1) is 11.6 Å². The van der Waals surface area contributed by atoms with Crippen LogP contribution in [-0.4, -0.2) is 27.7 Å². The van der Waals surface area contributed by atoms with Gasteiger partial charge in [0.05, 0.1) is 17.3 Å². The predicted octanol–water partition coefficient (Wildman–Crippen LogP) is 2.47. The lowest BCUT2D eigenvalue weighted by molar-refractivity contribution is -0.138. The highest BCUT2D eigenvalue weighted by atomic mass is 35.5. The molecule has 27 heavy (non-hydrogen) atoms. The summed E-state index contributed by atoms with van der Waals surface area (Å²) in [7, 11) is 0. The van der Waals surface area contributed by atoms with Crippen molar-refractivity contribution in [2.45, 2.75) is 30.7 Å². The number of carbonyl (C=O) groups is 1. The molecule has 0 unspecified atom stereocenters. The Kier molecular flexibility index (Phi) is 5.16. The summed E-state index contributed by atoms with van der Waals surface area (Å²) in [4.78, 5) is 16.5. The first-order valence-corrected chi connectivity index (χ1v) is 8.49. The number of rotatable bonds is 4. The summed E-state index contributed by atoms with van der Waals surface area (Å²) in [6.07, 6.45) is 0.716. The van der Waals surface area contributed by atoms with Gasteiger partial charge in [0.1, 0.15) is 5.60 Å². The maximum atomic E-state index is 15.6. The zero-order valence-electron chi connectivity index (χ0n) is 14.0. The Bertz CT molecular complexity index is 898. The minimum absolute atomic E-state index is 0.0848. The Labute approximate surface area is 157 Å². The summed E-state index contributed by atoms with van der Waals surface area (Å²) in [5.41, 5.74) is -4.42. The first kappa shape index (κ1) is 19.6. The van der Waals surface area contributed by atoms with Crippen molar-refractivity contribution >= 4 is 17.5 Å². The summed E-state index contributed by atoms with van der Waals surface area (Å²) in [6, 6.07) is 4.77. The van der Waals surface area contributed by atoms with Crippen molar-refractivity contribution in [3.05, 3.63) is 63.9 Å². The first-order valence-electron chi connectivity index (χ1n) is 8.12. The summed E-state index contributed by atoms with van der Waals surface area (Å²) in [6.45, 7) is -0.987. The monoisotopic (exact) mass is 400 g/mol. The Morgan fingerprint density at radius 3 is 2.74 bits per heavy atom. The van der Waals surface area contributed by atoms with Gasteiger partial charge in [-0.05, 0) is 30.5 Å². The van der Waals surface area contributed by atoms with E-state index in [0.29, 0.717) is 0 Å². The average molecular weight is 401 g/mol. The average Bonchev–Trinajstić information content (AvgIpc) is 2.68. The number of nitrogens with zero attached hydrogens (tertiary/aromatic N) is 1. The lowest BCUT2D eigenvalue weighted by atomic mass is 9.74. The largest absolute Gasteiger partial charge is 0.393 e. The molecule has 0 fully saturated rings. The maximum absolute atomic E-state index is 15.6. The molecule has 0 saturated carbocycles. The third kappa shape index (κ3) is 3.28. The van der Waals surface area contributed by atoms with Crippen LogP contribution in [0.4, 0.5) is 13.2 Å². The van der Waals surface area contributed by atoms with E-state index in [0.717, 1.165) is 6.07 Å². The van der Waals surface area contributed by atoms with E-state index < -0.39 is 40.4 Å². The maximum Gasteiger partial charge on any atom is 0.262 e. The number of carbonyl (C=O) groups excluding carboxylic acids is 1. The predicted molar refractivity (Wildman–Crippen MR) is 90.5 cm³/mol. The number of amides is 1. The van der Waals surface area contributed by atoms with Gasteiger partial charge >= 0.3 is 0 Å². The molecule has 1 aliphatic carbocycles. The molecule has 2 aromatic rings. The van der Waals surface area contributed by atoms with Gasteiger partial charge in [-0.1, -0.05) is 23.7 Å². The van der Waals surface area contributed by atoms with E-state index in [-0.39, 0.29) is 36.2 Å². The van der Waals surface area contributed by atoms with Gasteiger partial charge in [-0.3, -0.25) is 9.78 Å². The van der Waals surface area contributed by atoms with E-state index in [1.165, 1.54) is 24.4 Å². The SMILES string of the molecule is O=C(NCc1ccc(F)c(F)c1Cl)[C@]1(F)CC[C@@](O)(CO)c2ncccc21. The third-order valence-electron chi connectivity index (χ3n) is 4.73. The fraction of sp³-hybridized carbons (Fsp3) is 0.333. The van der Waals surface area contributed by atoms with Crippen molar-refractivity contribution in [2.75, 3.05) is 6.61 Å². The Morgan fingerprint density at radius 1 is 1.30 bits per heavy atom. The topological polar surface area (TPSA) is 82.5 Å². The molecule has 1 aromatic carbocycles. The van der Waals surface area contributed by atoms with Gasteiger partial charge in [-0.25, -0.2) is 13.2 Å². The number of benzene rings is 1. The summed E-state index contributed by atoms with van der Waals surface area (Å²) >= 11 is 5.71. The van der Waals surface area contributed by atoms with Gasteiger partial charge in [0, 0.05) is 18.3 Å². The Morgan fingerprint density at radius 2 is 2.04 bits per heavy atom. The summed E-state index contributed by atoms with van der Waals surface area (Å²) in [5, 5.41) is 21.7. The number of aliphatic hydroxyl groups is 2. The fourth-order valence-corrected chi connectivity index (χ4v) is 3.36. The van der Waals surface area contributed by atoms with Gasteiger partial charge in [0.2, 0.25) is 5.67 Å².